The van der Waals surface area contributed by atoms with Gasteiger partial charge in [-0.15, -0.1) is 0 Å². The van der Waals surface area contributed by atoms with E-state index in [-0.39, 0.29) is 5.91 Å². The van der Waals surface area contributed by atoms with Gasteiger partial charge in [-0.05, 0) is 49.1 Å². The Morgan fingerprint density at radius 2 is 2.00 bits per heavy atom. The lowest BCUT2D eigenvalue weighted by atomic mass is 10.1. The number of piperidine rings is 1. The maximum absolute atomic E-state index is 11.8. The van der Waals surface area contributed by atoms with Gasteiger partial charge in [-0.3, -0.25) is 9.78 Å². The fraction of sp³-hybridized carbons (Fsp3) is 0.316. The van der Waals surface area contributed by atoms with Gasteiger partial charge in [0.25, 0.3) is 0 Å². The maximum Gasteiger partial charge on any atom is 0.244 e. The Bertz CT molecular complexity index is 676. The second-order valence-corrected chi connectivity index (χ2v) is 5.88. The Labute approximate surface area is 142 Å². The molecule has 0 aromatic carbocycles. The van der Waals surface area contributed by atoms with E-state index in [1.807, 2.05) is 36.5 Å². The van der Waals surface area contributed by atoms with Crippen LogP contribution in [0.4, 0.5) is 5.82 Å². The van der Waals surface area contributed by atoms with Crippen molar-refractivity contribution in [3.8, 4) is 0 Å². The lowest BCUT2D eigenvalue weighted by molar-refractivity contribution is -0.116. The molecule has 2 aromatic rings. The molecule has 5 nitrogen and oxygen atoms in total. The number of amides is 1. The number of hydrogen-bond acceptors (Lipinski definition) is 4. The average molecular weight is 322 g/mol. The lowest BCUT2D eigenvalue weighted by Gasteiger charge is -2.27. The number of pyridine rings is 2. The SMILES string of the molecule is O=C(/C=C\c1ccccn1)NCc1ccc(N2CCCCC2)nc1. The van der Waals surface area contributed by atoms with Crippen LogP contribution in [0.2, 0.25) is 0 Å². The van der Waals surface area contributed by atoms with Crippen molar-refractivity contribution >= 4 is 17.8 Å². The Hall–Kier alpha value is -2.69. The molecule has 0 unspecified atom stereocenters. The van der Waals surface area contributed by atoms with Crippen LogP contribution in [0.5, 0.6) is 0 Å². The molecule has 0 saturated carbocycles. The van der Waals surface area contributed by atoms with Crippen LogP contribution in [0, 0.1) is 0 Å². The van der Waals surface area contributed by atoms with E-state index in [1.54, 1.807) is 12.3 Å². The molecule has 0 aliphatic carbocycles. The Morgan fingerprint density at radius 3 is 2.71 bits per heavy atom. The standard InChI is InChI=1S/C19H22N4O/c24-19(10-8-17-6-2-3-11-20-17)22-15-16-7-9-18(21-14-16)23-12-4-1-5-13-23/h2-3,6-11,14H,1,4-5,12-13,15H2,(H,22,24)/b10-8-. The number of anilines is 1. The Balaban J connectivity index is 1.49. The Kier molecular flexibility index (Phi) is 5.56. The molecular weight excluding hydrogens is 300 g/mol. The number of nitrogens with zero attached hydrogens (tertiary/aromatic N) is 3. The monoisotopic (exact) mass is 322 g/mol. The van der Waals surface area contributed by atoms with Crippen LogP contribution in [0.3, 0.4) is 0 Å². The number of carbonyl (C=O) groups is 1. The zero-order valence-corrected chi connectivity index (χ0v) is 13.7. The first-order valence-electron chi connectivity index (χ1n) is 8.38. The molecule has 0 radical (unpaired) electrons. The summed E-state index contributed by atoms with van der Waals surface area (Å²) in [7, 11) is 0. The van der Waals surface area contributed by atoms with E-state index in [0.717, 1.165) is 30.2 Å². The van der Waals surface area contributed by atoms with Gasteiger partial charge in [-0.2, -0.15) is 0 Å². The minimum absolute atomic E-state index is 0.138. The molecule has 24 heavy (non-hydrogen) atoms. The van der Waals surface area contributed by atoms with Gasteiger partial charge in [-0.1, -0.05) is 12.1 Å². The quantitative estimate of drug-likeness (QED) is 0.860. The van der Waals surface area contributed by atoms with Crippen molar-refractivity contribution in [2.24, 2.45) is 0 Å². The molecule has 0 bridgehead atoms. The van der Waals surface area contributed by atoms with Crippen LogP contribution in [-0.2, 0) is 11.3 Å². The minimum Gasteiger partial charge on any atom is -0.357 e. The third-order valence-electron chi connectivity index (χ3n) is 4.05. The van der Waals surface area contributed by atoms with Crippen LogP contribution >= 0.6 is 0 Å². The summed E-state index contributed by atoms with van der Waals surface area (Å²) < 4.78 is 0. The van der Waals surface area contributed by atoms with E-state index >= 15 is 0 Å². The molecule has 0 atom stereocenters. The summed E-state index contributed by atoms with van der Waals surface area (Å²) in [6.07, 6.45) is 10.5. The highest BCUT2D eigenvalue weighted by Crippen LogP contribution is 2.17. The maximum atomic E-state index is 11.8. The van der Waals surface area contributed by atoms with E-state index in [4.69, 9.17) is 0 Å². The van der Waals surface area contributed by atoms with Gasteiger partial charge in [0.1, 0.15) is 5.82 Å². The summed E-state index contributed by atoms with van der Waals surface area (Å²) in [5, 5.41) is 2.86. The summed E-state index contributed by atoms with van der Waals surface area (Å²) >= 11 is 0. The molecule has 1 aliphatic heterocycles. The molecule has 3 rings (SSSR count). The van der Waals surface area contributed by atoms with Gasteiger partial charge in [0, 0.05) is 38.1 Å². The third-order valence-corrected chi connectivity index (χ3v) is 4.05. The molecule has 1 fully saturated rings. The molecule has 1 aliphatic rings. The Morgan fingerprint density at radius 1 is 1.12 bits per heavy atom. The van der Waals surface area contributed by atoms with E-state index in [1.165, 1.54) is 25.3 Å². The molecule has 1 saturated heterocycles. The number of carbonyl (C=O) groups excluding carboxylic acids is 1. The first-order chi connectivity index (χ1) is 11.8. The van der Waals surface area contributed by atoms with Gasteiger partial charge in [0.2, 0.25) is 5.91 Å². The molecule has 0 spiro atoms. The van der Waals surface area contributed by atoms with E-state index in [2.05, 4.69) is 20.2 Å². The van der Waals surface area contributed by atoms with Crippen LogP contribution < -0.4 is 10.2 Å². The number of hydrogen-bond donors (Lipinski definition) is 1. The fourth-order valence-corrected chi connectivity index (χ4v) is 2.72. The van der Waals surface area contributed by atoms with Crippen molar-refractivity contribution in [3.63, 3.8) is 0 Å². The topological polar surface area (TPSA) is 58.1 Å². The van der Waals surface area contributed by atoms with Crippen molar-refractivity contribution in [1.29, 1.82) is 0 Å². The van der Waals surface area contributed by atoms with Crippen molar-refractivity contribution in [1.82, 2.24) is 15.3 Å². The predicted octanol–water partition coefficient (Wildman–Crippen LogP) is 2.80. The molecule has 124 valence electrons. The summed E-state index contributed by atoms with van der Waals surface area (Å²) in [6.45, 7) is 2.64. The predicted molar refractivity (Wildman–Crippen MR) is 95.4 cm³/mol. The summed E-state index contributed by atoms with van der Waals surface area (Å²) in [4.78, 5) is 22.8. The fourth-order valence-electron chi connectivity index (χ4n) is 2.72. The largest absolute Gasteiger partial charge is 0.357 e. The van der Waals surface area contributed by atoms with E-state index < -0.39 is 0 Å². The van der Waals surface area contributed by atoms with Gasteiger partial charge in [0.05, 0.1) is 5.69 Å². The molecular formula is C19H22N4O. The molecule has 3 heterocycles. The van der Waals surface area contributed by atoms with E-state index in [0.29, 0.717) is 6.54 Å². The molecule has 1 N–H and O–H groups in total. The summed E-state index contributed by atoms with van der Waals surface area (Å²) in [5.74, 6) is 0.889. The van der Waals surface area contributed by atoms with Crippen molar-refractivity contribution in [2.75, 3.05) is 18.0 Å². The van der Waals surface area contributed by atoms with Crippen LogP contribution in [-0.4, -0.2) is 29.0 Å². The van der Waals surface area contributed by atoms with Crippen LogP contribution in [0.25, 0.3) is 6.08 Å². The number of nitrogens with one attached hydrogen (secondary N) is 1. The molecule has 1 amide bonds. The molecule has 2 aromatic heterocycles. The van der Waals surface area contributed by atoms with Crippen molar-refractivity contribution in [2.45, 2.75) is 25.8 Å². The average Bonchev–Trinajstić information content (AvgIpc) is 2.67. The zero-order valence-electron chi connectivity index (χ0n) is 13.7. The normalized spacial score (nSPS) is 14.8. The highest BCUT2D eigenvalue weighted by molar-refractivity contribution is 5.91. The van der Waals surface area contributed by atoms with Gasteiger partial charge < -0.3 is 10.2 Å². The first-order valence-corrected chi connectivity index (χ1v) is 8.38. The van der Waals surface area contributed by atoms with Crippen LogP contribution in [0.15, 0.2) is 48.8 Å². The van der Waals surface area contributed by atoms with Crippen molar-refractivity contribution in [3.05, 3.63) is 60.1 Å². The minimum atomic E-state index is -0.138. The second-order valence-electron chi connectivity index (χ2n) is 5.88. The van der Waals surface area contributed by atoms with E-state index in [9.17, 15) is 4.79 Å². The van der Waals surface area contributed by atoms with Gasteiger partial charge >= 0.3 is 0 Å². The van der Waals surface area contributed by atoms with Crippen LogP contribution in [0.1, 0.15) is 30.5 Å². The first kappa shape index (κ1) is 16.2. The van der Waals surface area contributed by atoms with Gasteiger partial charge in [0.15, 0.2) is 0 Å². The zero-order chi connectivity index (χ0) is 16.6. The van der Waals surface area contributed by atoms with Gasteiger partial charge in [-0.25, -0.2) is 4.98 Å². The third kappa shape index (κ3) is 4.65. The summed E-state index contributed by atoms with van der Waals surface area (Å²) in [6, 6.07) is 9.65. The second kappa shape index (κ2) is 8.24. The number of aromatic nitrogens is 2. The lowest BCUT2D eigenvalue weighted by Crippen LogP contribution is -2.30. The summed E-state index contributed by atoms with van der Waals surface area (Å²) in [5.41, 5.74) is 1.76. The molecule has 5 heteroatoms. The highest BCUT2D eigenvalue weighted by Gasteiger charge is 2.11. The number of rotatable bonds is 5. The smallest absolute Gasteiger partial charge is 0.244 e. The van der Waals surface area contributed by atoms with Crippen molar-refractivity contribution < 1.29 is 4.79 Å². The highest BCUT2D eigenvalue weighted by atomic mass is 16.1.